The summed E-state index contributed by atoms with van der Waals surface area (Å²) in [7, 11) is 1.86. The Balaban J connectivity index is -0.00000000500. The van der Waals surface area contributed by atoms with Gasteiger partial charge in [-0.05, 0) is 0 Å². The molecule has 0 aromatic rings. The summed E-state index contributed by atoms with van der Waals surface area (Å²) in [6.07, 6.45) is 0. The van der Waals surface area contributed by atoms with E-state index >= 15 is 0 Å². The van der Waals surface area contributed by atoms with Crippen molar-refractivity contribution in [3.8, 4) is 0 Å². The van der Waals surface area contributed by atoms with Crippen LogP contribution in [0.4, 0.5) is 0 Å². The second-order valence-electron chi connectivity index (χ2n) is 0. The molecular weight excluding hydrogens is 147 g/mol. The summed E-state index contributed by atoms with van der Waals surface area (Å²) in [5, 5.41) is 0. The van der Waals surface area contributed by atoms with Crippen LogP contribution >= 0.6 is 0 Å². The summed E-state index contributed by atoms with van der Waals surface area (Å²) >= 11 is 2.03. The molecule has 0 heterocycles. The fourth-order valence-corrected chi connectivity index (χ4v) is 0. The second-order valence-corrected chi connectivity index (χ2v) is 0. The first-order valence-corrected chi connectivity index (χ1v) is 4.37. The summed E-state index contributed by atoms with van der Waals surface area (Å²) in [5.74, 6) is 0. The van der Waals surface area contributed by atoms with E-state index in [0.717, 1.165) is 0 Å². The van der Waals surface area contributed by atoms with Gasteiger partial charge in [0.2, 0.25) is 0 Å². The van der Waals surface area contributed by atoms with Gasteiger partial charge in [-0.15, -0.1) is 0 Å². The van der Waals surface area contributed by atoms with E-state index in [2.05, 4.69) is 0 Å². The molecule has 0 saturated carbocycles. The first kappa shape index (κ1) is 17.8. The molecule has 0 amide bonds. The van der Waals surface area contributed by atoms with Crippen molar-refractivity contribution in [2.75, 3.05) is 0 Å². The van der Waals surface area contributed by atoms with E-state index in [9.17, 15) is 0 Å². The van der Waals surface area contributed by atoms with Crippen LogP contribution in [0.5, 0.6) is 0 Å². The Morgan fingerprint density at radius 3 is 1.00 bits per heavy atom. The summed E-state index contributed by atoms with van der Waals surface area (Å²) in [6, 6.07) is 0. The summed E-state index contributed by atoms with van der Waals surface area (Å²) in [6.45, 7) is 0. The van der Waals surface area contributed by atoms with Crippen LogP contribution in [-0.2, 0) is 19.2 Å². The molecule has 4 heteroatoms. The Morgan fingerprint density at radius 2 is 1.00 bits per heavy atom. The molecule has 0 N–H and O–H groups in total. The van der Waals surface area contributed by atoms with Crippen LogP contribution in [0.1, 0.15) is 0 Å². The van der Waals surface area contributed by atoms with Gasteiger partial charge in [0.15, 0.2) is 0 Å². The van der Waals surface area contributed by atoms with Gasteiger partial charge in [0.25, 0.3) is 0 Å². The van der Waals surface area contributed by atoms with Gasteiger partial charge in [-0.3, -0.25) is 0 Å². The third-order valence-corrected chi connectivity index (χ3v) is 0. The average molecular weight is 149 g/mol. The molecule has 0 unspecified atom stereocenters. The van der Waals surface area contributed by atoms with Gasteiger partial charge in [-0.1, -0.05) is 0 Å². The average Bonchev–Trinajstić information content (AvgIpc) is 1.00. The van der Waals surface area contributed by atoms with Crippen molar-refractivity contribution in [2.24, 2.45) is 0 Å². The van der Waals surface area contributed by atoms with Gasteiger partial charge in [0, 0.05) is 0 Å². The molecule has 0 saturated heterocycles. The van der Waals surface area contributed by atoms with Crippen molar-refractivity contribution < 1.29 is 44.0 Å². The Hall–Kier alpha value is 1.51. The van der Waals surface area contributed by atoms with Crippen LogP contribution in [0.2, 0.25) is 0 Å². The van der Waals surface area contributed by atoms with Crippen molar-refractivity contribution in [3.63, 3.8) is 0 Å². The molecule has 0 fully saturated rings. The normalized spacial score (nSPS) is 1.50. The Kier molecular flexibility index (Phi) is 108. The van der Waals surface area contributed by atoms with E-state index in [4.69, 9.17) is 0 Å². The SMILES string of the molecule is [Cl-].[Cl-].[SiH2]=[Ti+2]. The van der Waals surface area contributed by atoms with Crippen LogP contribution in [-0.4, -0.2) is 7.63 Å². The minimum absolute atomic E-state index is 0. The molecular formula is H2Cl2SiTi. The van der Waals surface area contributed by atoms with Crippen molar-refractivity contribution in [1.82, 2.24) is 0 Å². The van der Waals surface area contributed by atoms with E-state index in [1.54, 1.807) is 0 Å². The fourth-order valence-electron chi connectivity index (χ4n) is 0. The Labute approximate surface area is 51.6 Å². The molecule has 0 rings (SSSR count). The minimum atomic E-state index is 0. The first-order valence-electron chi connectivity index (χ1n) is 0.354. The van der Waals surface area contributed by atoms with Gasteiger partial charge in [0.05, 0.1) is 0 Å². The number of halogens is 2. The number of hydrogen-bond donors (Lipinski definition) is 0. The molecule has 0 atom stereocenters. The topological polar surface area (TPSA) is 0 Å². The van der Waals surface area contributed by atoms with Crippen LogP contribution in [0, 0.1) is 0 Å². The van der Waals surface area contributed by atoms with E-state index in [0.29, 0.717) is 0 Å². The van der Waals surface area contributed by atoms with E-state index in [1.165, 1.54) is 0 Å². The predicted octanol–water partition coefficient (Wildman–Crippen LogP) is -6.91. The molecule has 0 aliphatic carbocycles. The maximum atomic E-state index is 2.03. The fraction of sp³-hybridized carbons (Fsp3) is 0. The summed E-state index contributed by atoms with van der Waals surface area (Å²) in [4.78, 5) is 0. The molecule has 4 heavy (non-hydrogen) atoms. The first-order chi connectivity index (χ1) is 1.00. The third-order valence-electron chi connectivity index (χ3n) is 0. The molecule has 0 aliphatic heterocycles. The molecule has 0 bridgehead atoms. The molecule has 24 valence electrons. The maximum absolute atomic E-state index is 2.03. The monoisotopic (exact) mass is 148 g/mol. The van der Waals surface area contributed by atoms with E-state index in [1.807, 2.05) is 26.8 Å². The molecule has 0 aliphatic rings. The Morgan fingerprint density at radius 1 is 1.00 bits per heavy atom. The molecule has 0 nitrogen and oxygen atoms in total. The van der Waals surface area contributed by atoms with Gasteiger partial charge < -0.3 is 24.8 Å². The van der Waals surface area contributed by atoms with Gasteiger partial charge >= 0.3 is 26.8 Å². The standard InChI is InChI=1S/2ClH.H2Si.Ti/h2*1H;1H2;/q;;;+2/p-2. The number of rotatable bonds is 0. The van der Waals surface area contributed by atoms with Gasteiger partial charge in [-0.2, -0.15) is 0 Å². The van der Waals surface area contributed by atoms with Crippen molar-refractivity contribution in [2.45, 2.75) is 0 Å². The van der Waals surface area contributed by atoms with E-state index in [-0.39, 0.29) is 24.8 Å². The van der Waals surface area contributed by atoms with Crippen LogP contribution < -0.4 is 24.8 Å². The van der Waals surface area contributed by atoms with Crippen LogP contribution in [0.25, 0.3) is 0 Å². The van der Waals surface area contributed by atoms with Gasteiger partial charge in [0.1, 0.15) is 0 Å². The van der Waals surface area contributed by atoms with E-state index < -0.39 is 0 Å². The predicted molar refractivity (Wildman–Crippen MR) is 8.54 cm³/mol. The molecule has 0 aromatic heterocycles. The van der Waals surface area contributed by atoms with Crippen molar-refractivity contribution >= 4 is 7.63 Å². The van der Waals surface area contributed by atoms with Gasteiger partial charge in [-0.25, -0.2) is 0 Å². The number of hydrogen-bond acceptors (Lipinski definition) is 0. The van der Waals surface area contributed by atoms with Crippen molar-refractivity contribution in [3.05, 3.63) is 0 Å². The molecule has 0 spiro atoms. The third kappa shape index (κ3) is 9.70. The van der Waals surface area contributed by atoms with Crippen molar-refractivity contribution in [1.29, 1.82) is 0 Å². The van der Waals surface area contributed by atoms with Crippen LogP contribution in [0.3, 0.4) is 0 Å². The summed E-state index contributed by atoms with van der Waals surface area (Å²) in [5.41, 5.74) is 0. The van der Waals surface area contributed by atoms with Crippen LogP contribution in [0.15, 0.2) is 0 Å². The summed E-state index contributed by atoms with van der Waals surface area (Å²) < 4.78 is 0. The molecule has 0 aromatic carbocycles. The Bertz CT molecular complexity index is 6.00. The quantitative estimate of drug-likeness (QED) is 0.300. The zero-order valence-electron chi connectivity index (χ0n) is 1.96. The zero-order chi connectivity index (χ0) is 2.00. The molecule has 0 radical (unpaired) electrons. The second kappa shape index (κ2) is 24.4. The zero-order valence-corrected chi connectivity index (χ0v) is 6.45.